The fourth-order valence-corrected chi connectivity index (χ4v) is 9.30. The van der Waals surface area contributed by atoms with Crippen LogP contribution in [0, 0.1) is 0 Å². The Kier molecular flexibility index (Phi) is 8.02. The predicted octanol–water partition coefficient (Wildman–Crippen LogP) is 4.70. The lowest BCUT2D eigenvalue weighted by atomic mass is 9.59. The van der Waals surface area contributed by atoms with Crippen molar-refractivity contribution in [2.24, 2.45) is 0 Å². The van der Waals surface area contributed by atoms with Crippen molar-refractivity contribution in [3.05, 3.63) is 133 Å². The zero-order valence-electron chi connectivity index (χ0n) is 31.7. The molecule has 9 heteroatoms. The van der Waals surface area contributed by atoms with Crippen molar-refractivity contribution in [2.45, 2.75) is 0 Å². The summed E-state index contributed by atoms with van der Waals surface area (Å²) in [5.41, 5.74) is 8.12. The molecule has 11 rings (SSSR count). The number of hydrogen-bond donors (Lipinski definition) is 0. The van der Waals surface area contributed by atoms with E-state index < -0.39 is 0 Å². The molecule has 0 atom stereocenters. The Morgan fingerprint density at radius 2 is 0.712 bits per heavy atom. The molecule has 0 spiro atoms. The summed E-state index contributed by atoms with van der Waals surface area (Å²) in [7, 11) is 55.0. The van der Waals surface area contributed by atoms with Crippen LogP contribution in [0.3, 0.4) is 0 Å². The van der Waals surface area contributed by atoms with Gasteiger partial charge in [0.2, 0.25) is 0 Å². The van der Waals surface area contributed by atoms with Gasteiger partial charge in [-0.15, -0.1) is 21.9 Å². The lowest BCUT2D eigenvalue weighted by Crippen LogP contribution is -2.50. The Morgan fingerprint density at radius 3 is 1.27 bits per heavy atom. The van der Waals surface area contributed by atoms with Crippen molar-refractivity contribution >= 4 is 182 Å². The second kappa shape index (κ2) is 13.2. The van der Waals surface area contributed by atoms with Crippen LogP contribution in [-0.2, 0) is 0 Å². The number of furan rings is 1. The molecule has 59 heavy (non-hydrogen) atoms. The fourth-order valence-electron chi connectivity index (χ4n) is 9.30. The molecule has 0 aliphatic carbocycles. The van der Waals surface area contributed by atoms with Gasteiger partial charge in [0.25, 0.3) is 0 Å². The summed E-state index contributed by atoms with van der Waals surface area (Å²) >= 11 is 0. The Morgan fingerprint density at radius 1 is 0.288 bits per heavy atom. The van der Waals surface area contributed by atoms with Crippen molar-refractivity contribution in [3.63, 3.8) is 0 Å². The molecule has 0 amide bonds. The van der Waals surface area contributed by atoms with E-state index in [1.165, 1.54) is 0 Å². The maximum Gasteiger partial charge on any atom is 0.143 e. The molecule has 0 saturated carbocycles. The van der Waals surface area contributed by atoms with Gasteiger partial charge in [0.15, 0.2) is 0 Å². The van der Waals surface area contributed by atoms with Crippen LogP contribution in [0.5, 0.6) is 0 Å². The van der Waals surface area contributed by atoms with Crippen LogP contribution in [0.25, 0.3) is 109 Å². The van der Waals surface area contributed by atoms with Gasteiger partial charge in [-0.1, -0.05) is 131 Å². The summed E-state index contributed by atoms with van der Waals surface area (Å²) in [5.74, 6) is 0. The van der Waals surface area contributed by atoms with E-state index in [2.05, 4.69) is 78.9 Å². The summed E-state index contributed by atoms with van der Waals surface area (Å²) in [5, 5.41) is 10.6. The molecule has 252 valence electrons. The Labute approximate surface area is 351 Å². The standard InChI is InChI=1S/C50H22B8O/c51-42-38-35(27-17-16-25-20-24(14-15-26(25)21-27)23-8-2-1-3-9-23)39-41(45(54)49(58)47(56)43(39)52)36(40(38)44(53)48(57)46(42)55)28-18-19-33-34(22-28)59-50-32-13-7-5-11-30(32)29-10-4-6-12-31(29)37(33)50/h1-22H. The highest BCUT2D eigenvalue weighted by molar-refractivity contribution is 6.71. The third-order valence-electron chi connectivity index (χ3n) is 12.2. The average molecular weight is 725 g/mol. The fraction of sp³-hybridized carbons (Fsp3) is 0. The van der Waals surface area contributed by atoms with Gasteiger partial charge >= 0.3 is 0 Å². The van der Waals surface area contributed by atoms with Crippen LogP contribution in [0.4, 0.5) is 0 Å². The molecule has 1 aromatic heterocycles. The Balaban J connectivity index is 1.27. The molecule has 0 bridgehead atoms. The van der Waals surface area contributed by atoms with E-state index in [1.54, 1.807) is 0 Å². The highest BCUT2D eigenvalue weighted by Crippen LogP contribution is 2.45. The minimum atomic E-state index is 0.159. The summed E-state index contributed by atoms with van der Waals surface area (Å²) in [6, 6.07) is 45.6. The zero-order chi connectivity index (χ0) is 40.4. The lowest BCUT2D eigenvalue weighted by Gasteiger charge is -2.28. The van der Waals surface area contributed by atoms with E-state index in [1.807, 2.05) is 54.6 Å². The molecule has 11 aromatic rings. The first-order chi connectivity index (χ1) is 28.6. The average Bonchev–Trinajstić information content (AvgIpc) is 3.67. The Hall–Kier alpha value is -6.18. The minimum Gasteiger partial charge on any atom is -0.455 e. The van der Waals surface area contributed by atoms with Crippen LogP contribution in [0.1, 0.15) is 0 Å². The van der Waals surface area contributed by atoms with Crippen LogP contribution < -0.4 is 43.7 Å². The van der Waals surface area contributed by atoms with Gasteiger partial charge in [-0.25, -0.2) is 0 Å². The van der Waals surface area contributed by atoms with Crippen LogP contribution in [0.15, 0.2) is 138 Å². The summed E-state index contributed by atoms with van der Waals surface area (Å²) in [6.45, 7) is 0. The molecule has 0 fully saturated rings. The first-order valence-electron chi connectivity index (χ1n) is 19.2. The van der Waals surface area contributed by atoms with Crippen molar-refractivity contribution in [3.8, 4) is 33.4 Å². The van der Waals surface area contributed by atoms with E-state index in [4.69, 9.17) is 67.2 Å². The number of fused-ring (bicyclic) bond motifs is 11. The zero-order valence-corrected chi connectivity index (χ0v) is 31.7. The second-order valence-corrected chi connectivity index (χ2v) is 15.3. The smallest absolute Gasteiger partial charge is 0.143 e. The molecular weight excluding hydrogens is 703 g/mol. The monoisotopic (exact) mass is 726 g/mol. The van der Waals surface area contributed by atoms with Gasteiger partial charge < -0.3 is 4.42 Å². The largest absolute Gasteiger partial charge is 0.455 e. The van der Waals surface area contributed by atoms with E-state index in [-0.39, 0.29) is 43.7 Å². The first kappa shape index (κ1) is 35.9. The normalized spacial score (nSPS) is 11.9. The summed E-state index contributed by atoms with van der Waals surface area (Å²) in [6.07, 6.45) is 0. The van der Waals surface area contributed by atoms with Crippen LogP contribution >= 0.6 is 0 Å². The van der Waals surface area contributed by atoms with E-state index >= 15 is 0 Å². The van der Waals surface area contributed by atoms with Crippen LogP contribution in [0.2, 0.25) is 0 Å². The highest BCUT2D eigenvalue weighted by atomic mass is 16.3. The van der Waals surface area contributed by atoms with Gasteiger partial charge in [0, 0.05) is 16.2 Å². The highest BCUT2D eigenvalue weighted by Gasteiger charge is 2.26. The van der Waals surface area contributed by atoms with E-state index in [0.717, 1.165) is 70.9 Å². The van der Waals surface area contributed by atoms with Gasteiger partial charge in [-0.2, -0.15) is 0 Å². The SMILES string of the molecule is [B]c1c([B])c([B])c2c(-c3ccc4c(c3)oc3c5ccccc5c5ccccc5c43)c3c([B])c([B])c([B])c([B])c3c(-c3ccc4cc(-c5ccccc5)ccc4c3)c2c1[B]. The quantitative estimate of drug-likeness (QED) is 0.146. The third-order valence-corrected chi connectivity index (χ3v) is 12.2. The van der Waals surface area contributed by atoms with E-state index in [0.29, 0.717) is 38.3 Å². The second-order valence-electron chi connectivity index (χ2n) is 15.3. The van der Waals surface area contributed by atoms with Crippen molar-refractivity contribution in [1.82, 2.24) is 0 Å². The number of benzene rings is 10. The summed E-state index contributed by atoms with van der Waals surface area (Å²) in [4.78, 5) is 0. The summed E-state index contributed by atoms with van der Waals surface area (Å²) < 4.78 is 6.82. The molecule has 1 nitrogen and oxygen atoms in total. The molecule has 16 radical (unpaired) electrons. The van der Waals surface area contributed by atoms with Crippen molar-refractivity contribution in [2.75, 3.05) is 0 Å². The molecular formula is C50H22B8O. The van der Waals surface area contributed by atoms with Crippen molar-refractivity contribution in [1.29, 1.82) is 0 Å². The predicted molar refractivity (Wildman–Crippen MR) is 261 cm³/mol. The number of rotatable bonds is 3. The van der Waals surface area contributed by atoms with Gasteiger partial charge in [-0.3, -0.25) is 0 Å². The molecule has 0 aliphatic heterocycles. The lowest BCUT2D eigenvalue weighted by molar-refractivity contribution is 0.673. The molecule has 0 unspecified atom stereocenters. The molecule has 0 saturated heterocycles. The molecule has 10 aromatic carbocycles. The van der Waals surface area contributed by atoms with Crippen molar-refractivity contribution < 1.29 is 4.42 Å². The number of hydrogen-bond acceptors (Lipinski definition) is 1. The molecule has 0 N–H and O–H groups in total. The van der Waals surface area contributed by atoms with E-state index in [9.17, 15) is 0 Å². The maximum atomic E-state index is 7.07. The maximum absolute atomic E-state index is 7.07. The minimum absolute atomic E-state index is 0.159. The third kappa shape index (κ3) is 5.10. The Bertz CT molecular complexity index is 3570. The van der Waals surface area contributed by atoms with Gasteiger partial charge in [-0.05, 0) is 106 Å². The molecule has 0 aliphatic rings. The first-order valence-corrected chi connectivity index (χ1v) is 19.2. The van der Waals surface area contributed by atoms with Gasteiger partial charge in [0.1, 0.15) is 73.9 Å². The topological polar surface area (TPSA) is 13.1 Å². The molecule has 1 heterocycles. The van der Waals surface area contributed by atoms with Gasteiger partial charge in [0.05, 0.1) is 0 Å². The van der Waals surface area contributed by atoms with Crippen LogP contribution in [-0.4, -0.2) is 62.8 Å².